The topological polar surface area (TPSA) is 83.1 Å². The van der Waals surface area contributed by atoms with Gasteiger partial charge in [-0.05, 0) is 6.42 Å². The number of nitrogens with zero attached hydrogens (tertiary/aromatic N) is 1. The van der Waals surface area contributed by atoms with Crippen molar-refractivity contribution in [2.24, 2.45) is 0 Å². The van der Waals surface area contributed by atoms with Crippen LogP contribution in [0.15, 0.2) is 0 Å². The molecule has 2 fully saturated rings. The minimum atomic E-state index is -0.662. The smallest absolute Gasteiger partial charge is 0.315 e. The summed E-state index contributed by atoms with van der Waals surface area (Å²) in [4.78, 5) is 13.8. The van der Waals surface area contributed by atoms with Gasteiger partial charge in [-0.2, -0.15) is 0 Å². The van der Waals surface area contributed by atoms with Crippen molar-refractivity contribution in [3.63, 3.8) is 0 Å². The van der Waals surface area contributed by atoms with Crippen LogP contribution in [-0.4, -0.2) is 80.3 Å². The molecule has 7 heteroatoms. The molecule has 0 aromatic heterocycles. The number of aliphatic hydroxyl groups excluding tert-OH is 1. The normalized spacial score (nSPS) is 31.2. The molecule has 20 heavy (non-hydrogen) atoms. The minimum absolute atomic E-state index is 0.244. The molecular formula is C13H25N3O4. The lowest BCUT2D eigenvalue weighted by Crippen LogP contribution is -2.50. The summed E-state index contributed by atoms with van der Waals surface area (Å²) in [5.41, 5.74) is 0. The third-order valence-electron chi connectivity index (χ3n) is 3.68. The largest absolute Gasteiger partial charge is 0.388 e. The SMILES string of the molecule is CCCNC(=O)NC1COC(CN2CCOCC2)C1O. The van der Waals surface area contributed by atoms with Crippen LogP contribution < -0.4 is 10.6 Å². The molecule has 3 unspecified atom stereocenters. The molecule has 116 valence electrons. The van der Waals surface area contributed by atoms with Gasteiger partial charge in [0.15, 0.2) is 0 Å². The van der Waals surface area contributed by atoms with Crippen molar-refractivity contribution >= 4 is 6.03 Å². The van der Waals surface area contributed by atoms with Gasteiger partial charge in [0, 0.05) is 26.2 Å². The van der Waals surface area contributed by atoms with Gasteiger partial charge in [-0.3, -0.25) is 4.90 Å². The molecule has 0 aromatic rings. The van der Waals surface area contributed by atoms with Gasteiger partial charge in [0.1, 0.15) is 6.10 Å². The first-order chi connectivity index (χ1) is 9.70. The van der Waals surface area contributed by atoms with Gasteiger partial charge < -0.3 is 25.2 Å². The molecule has 0 bridgehead atoms. The molecule has 0 aliphatic carbocycles. The zero-order valence-electron chi connectivity index (χ0n) is 12.0. The number of hydrogen-bond acceptors (Lipinski definition) is 5. The highest BCUT2D eigenvalue weighted by atomic mass is 16.5. The molecule has 0 aromatic carbocycles. The van der Waals surface area contributed by atoms with E-state index in [1.165, 1.54) is 0 Å². The van der Waals surface area contributed by atoms with E-state index in [0.717, 1.165) is 32.7 Å². The number of carbonyl (C=O) groups excluding carboxylic acids is 1. The average molecular weight is 287 g/mol. The summed E-state index contributed by atoms with van der Waals surface area (Å²) in [5, 5.41) is 15.7. The first-order valence-corrected chi connectivity index (χ1v) is 7.35. The van der Waals surface area contributed by atoms with Gasteiger partial charge in [0.25, 0.3) is 0 Å². The molecule has 2 saturated heterocycles. The van der Waals surface area contributed by atoms with E-state index in [1.54, 1.807) is 0 Å². The van der Waals surface area contributed by atoms with E-state index in [2.05, 4.69) is 15.5 Å². The Morgan fingerprint density at radius 2 is 2.15 bits per heavy atom. The van der Waals surface area contributed by atoms with Crippen molar-refractivity contribution in [2.45, 2.75) is 31.6 Å². The second-order valence-corrected chi connectivity index (χ2v) is 5.28. The monoisotopic (exact) mass is 287 g/mol. The second kappa shape index (κ2) is 7.78. The highest BCUT2D eigenvalue weighted by molar-refractivity contribution is 5.74. The maximum Gasteiger partial charge on any atom is 0.315 e. The first kappa shape index (κ1) is 15.5. The Hall–Kier alpha value is -0.890. The summed E-state index contributed by atoms with van der Waals surface area (Å²) in [6, 6.07) is -0.579. The molecule has 0 radical (unpaired) electrons. The zero-order valence-corrected chi connectivity index (χ0v) is 12.0. The van der Waals surface area contributed by atoms with Crippen LogP contribution in [0.2, 0.25) is 0 Å². The molecule has 3 atom stereocenters. The fraction of sp³-hybridized carbons (Fsp3) is 0.923. The van der Waals surface area contributed by atoms with Crippen LogP contribution in [0.5, 0.6) is 0 Å². The van der Waals surface area contributed by atoms with Crippen LogP contribution in [0.4, 0.5) is 4.79 Å². The number of aliphatic hydroxyl groups is 1. The Labute approximate surface area is 119 Å². The third-order valence-corrected chi connectivity index (χ3v) is 3.68. The first-order valence-electron chi connectivity index (χ1n) is 7.35. The van der Waals surface area contributed by atoms with Crippen LogP contribution in [0.1, 0.15) is 13.3 Å². The summed E-state index contributed by atoms with van der Waals surface area (Å²) >= 11 is 0. The van der Waals surface area contributed by atoms with Crippen LogP contribution in [0, 0.1) is 0 Å². The van der Waals surface area contributed by atoms with Gasteiger partial charge in [0.05, 0.1) is 32.0 Å². The number of morpholine rings is 1. The molecule has 2 rings (SSSR count). The molecule has 2 heterocycles. The quantitative estimate of drug-likeness (QED) is 0.614. The van der Waals surface area contributed by atoms with Crippen molar-refractivity contribution in [3.05, 3.63) is 0 Å². The summed E-state index contributed by atoms with van der Waals surface area (Å²) in [6.45, 7) is 6.84. The summed E-state index contributed by atoms with van der Waals surface area (Å²) in [5.74, 6) is 0. The van der Waals surface area contributed by atoms with E-state index in [0.29, 0.717) is 19.7 Å². The molecule has 2 aliphatic heterocycles. The van der Waals surface area contributed by atoms with Crippen LogP contribution in [-0.2, 0) is 9.47 Å². The fourth-order valence-corrected chi connectivity index (χ4v) is 2.47. The number of carbonyl (C=O) groups is 1. The van der Waals surface area contributed by atoms with E-state index < -0.39 is 6.10 Å². The van der Waals surface area contributed by atoms with Crippen LogP contribution in [0.3, 0.4) is 0 Å². The Kier molecular flexibility index (Phi) is 6.03. The van der Waals surface area contributed by atoms with Gasteiger partial charge in [-0.1, -0.05) is 6.92 Å². The van der Waals surface area contributed by atoms with Gasteiger partial charge in [-0.25, -0.2) is 4.79 Å². The second-order valence-electron chi connectivity index (χ2n) is 5.28. The molecule has 7 nitrogen and oxygen atoms in total. The maximum atomic E-state index is 11.6. The van der Waals surface area contributed by atoms with Crippen molar-refractivity contribution in [3.8, 4) is 0 Å². The zero-order chi connectivity index (χ0) is 14.4. The van der Waals surface area contributed by atoms with E-state index in [4.69, 9.17) is 9.47 Å². The Balaban J connectivity index is 1.73. The van der Waals surface area contributed by atoms with Crippen molar-refractivity contribution in [1.29, 1.82) is 0 Å². The molecule has 3 N–H and O–H groups in total. The predicted molar refractivity (Wildman–Crippen MR) is 73.6 cm³/mol. The van der Waals surface area contributed by atoms with E-state index in [9.17, 15) is 9.90 Å². The Morgan fingerprint density at radius 3 is 2.85 bits per heavy atom. The number of urea groups is 1. The number of nitrogens with one attached hydrogen (secondary N) is 2. The summed E-state index contributed by atoms with van der Waals surface area (Å²) in [7, 11) is 0. The maximum absolute atomic E-state index is 11.6. The minimum Gasteiger partial charge on any atom is -0.388 e. The predicted octanol–water partition coefficient (Wildman–Crippen LogP) is -0.844. The Bertz CT molecular complexity index is 310. The standard InChI is InChI=1S/C13H25N3O4/c1-2-3-14-13(18)15-10-9-20-11(12(10)17)8-16-4-6-19-7-5-16/h10-12,17H,2-9H2,1H3,(H2,14,15,18). The number of amides is 2. The van der Waals surface area contributed by atoms with Crippen LogP contribution >= 0.6 is 0 Å². The van der Waals surface area contributed by atoms with E-state index >= 15 is 0 Å². The molecule has 2 aliphatic rings. The van der Waals surface area contributed by atoms with Gasteiger partial charge in [0.2, 0.25) is 0 Å². The van der Waals surface area contributed by atoms with E-state index in [1.807, 2.05) is 6.92 Å². The highest BCUT2D eigenvalue weighted by Crippen LogP contribution is 2.16. The molecular weight excluding hydrogens is 262 g/mol. The van der Waals surface area contributed by atoms with Crippen molar-refractivity contribution in [1.82, 2.24) is 15.5 Å². The lowest BCUT2D eigenvalue weighted by molar-refractivity contribution is -0.0180. The molecule has 2 amide bonds. The molecule has 0 saturated carbocycles. The van der Waals surface area contributed by atoms with Crippen LogP contribution in [0.25, 0.3) is 0 Å². The third kappa shape index (κ3) is 4.31. The number of rotatable bonds is 5. The fourth-order valence-electron chi connectivity index (χ4n) is 2.47. The highest BCUT2D eigenvalue weighted by Gasteiger charge is 2.37. The van der Waals surface area contributed by atoms with Gasteiger partial charge in [-0.15, -0.1) is 0 Å². The lowest BCUT2D eigenvalue weighted by atomic mass is 10.1. The Morgan fingerprint density at radius 1 is 1.40 bits per heavy atom. The van der Waals surface area contributed by atoms with E-state index in [-0.39, 0.29) is 18.2 Å². The molecule has 0 spiro atoms. The number of ether oxygens (including phenoxy) is 2. The van der Waals surface area contributed by atoms with Crippen molar-refractivity contribution < 1.29 is 19.4 Å². The van der Waals surface area contributed by atoms with Crippen molar-refractivity contribution in [2.75, 3.05) is 46.0 Å². The lowest BCUT2D eigenvalue weighted by Gasteiger charge is -2.29. The summed E-state index contributed by atoms with van der Waals surface area (Å²) in [6.07, 6.45) is -0.0219. The number of hydrogen-bond donors (Lipinski definition) is 3. The van der Waals surface area contributed by atoms with Gasteiger partial charge >= 0.3 is 6.03 Å². The average Bonchev–Trinajstić information content (AvgIpc) is 2.79. The summed E-state index contributed by atoms with van der Waals surface area (Å²) < 4.78 is 10.9.